The summed E-state index contributed by atoms with van der Waals surface area (Å²) < 4.78 is 31.4. The first-order valence-corrected chi connectivity index (χ1v) is 6.89. The Kier molecular flexibility index (Phi) is 5.48. The van der Waals surface area contributed by atoms with Gasteiger partial charge in [0.25, 0.3) is 0 Å². The van der Waals surface area contributed by atoms with E-state index in [1.807, 2.05) is 6.92 Å². The van der Waals surface area contributed by atoms with E-state index in [0.29, 0.717) is 19.0 Å². The van der Waals surface area contributed by atoms with Crippen LogP contribution in [-0.4, -0.2) is 33.7 Å². The van der Waals surface area contributed by atoms with Crippen molar-refractivity contribution in [3.63, 3.8) is 0 Å². The molecule has 0 saturated carbocycles. The minimum Gasteiger partial charge on any atom is -0.384 e. The molecule has 8 heteroatoms. The molecule has 1 aromatic rings. The number of nitrogens with two attached hydrogens (primary N) is 1. The van der Waals surface area contributed by atoms with E-state index in [2.05, 4.69) is 15.1 Å². The molecule has 1 aromatic heterocycles. The second-order valence-corrected chi connectivity index (χ2v) is 5.70. The van der Waals surface area contributed by atoms with E-state index in [-0.39, 0.29) is 10.8 Å². The van der Waals surface area contributed by atoms with Crippen LogP contribution in [0.2, 0.25) is 0 Å². The predicted molar refractivity (Wildman–Crippen MR) is 68.3 cm³/mol. The van der Waals surface area contributed by atoms with E-state index in [1.165, 1.54) is 18.3 Å². The molecule has 0 aromatic carbocycles. The third-order valence-electron chi connectivity index (χ3n) is 2.26. The summed E-state index contributed by atoms with van der Waals surface area (Å²) in [4.78, 5) is 3.97. The van der Waals surface area contributed by atoms with Gasteiger partial charge in [-0.05, 0) is 12.0 Å². The number of anilines is 1. The maximum atomic E-state index is 12.0. The molecule has 0 bridgehead atoms. The number of methoxy groups -OCH3 is 1. The molecule has 0 aliphatic carbocycles. The monoisotopic (exact) mass is 274 g/mol. The fourth-order valence-electron chi connectivity index (χ4n) is 1.34. The number of nitrogen functional groups attached to an aromatic ring is 1. The van der Waals surface area contributed by atoms with Crippen LogP contribution in [0.4, 0.5) is 5.82 Å². The second kappa shape index (κ2) is 6.64. The van der Waals surface area contributed by atoms with Gasteiger partial charge in [-0.15, -0.1) is 0 Å². The van der Waals surface area contributed by atoms with E-state index < -0.39 is 10.0 Å². The smallest absolute Gasteiger partial charge is 0.240 e. The third kappa shape index (κ3) is 4.22. The highest BCUT2D eigenvalue weighted by atomic mass is 32.2. The van der Waals surface area contributed by atoms with Gasteiger partial charge in [0.15, 0.2) is 0 Å². The minimum atomic E-state index is -3.55. The van der Waals surface area contributed by atoms with Gasteiger partial charge in [-0.3, -0.25) is 0 Å². The van der Waals surface area contributed by atoms with Gasteiger partial charge in [0.05, 0.1) is 4.90 Å². The highest BCUT2D eigenvalue weighted by Crippen LogP contribution is 2.11. The van der Waals surface area contributed by atoms with Crippen molar-refractivity contribution >= 4 is 15.8 Å². The first-order valence-electron chi connectivity index (χ1n) is 5.41. The number of nitrogens with one attached hydrogen (secondary N) is 2. The van der Waals surface area contributed by atoms with Gasteiger partial charge in [0.2, 0.25) is 10.0 Å². The molecule has 7 nitrogen and oxygen atoms in total. The molecular formula is C10H18N4O3S. The van der Waals surface area contributed by atoms with Crippen LogP contribution in [0.5, 0.6) is 0 Å². The number of nitrogens with zero attached hydrogens (tertiary/aromatic N) is 1. The largest absolute Gasteiger partial charge is 0.384 e. The second-order valence-electron chi connectivity index (χ2n) is 3.93. The van der Waals surface area contributed by atoms with E-state index >= 15 is 0 Å². The van der Waals surface area contributed by atoms with Crippen molar-refractivity contribution in [3.8, 4) is 0 Å². The Labute approximate surface area is 107 Å². The van der Waals surface area contributed by atoms with E-state index in [1.54, 1.807) is 7.11 Å². The number of hydrogen-bond donors (Lipinski definition) is 3. The Morgan fingerprint density at radius 1 is 1.56 bits per heavy atom. The lowest BCUT2D eigenvalue weighted by Crippen LogP contribution is -2.30. The topological polar surface area (TPSA) is 106 Å². The summed E-state index contributed by atoms with van der Waals surface area (Å²) in [5.41, 5.74) is 2.30. The zero-order valence-electron chi connectivity index (χ0n) is 10.4. The molecule has 0 spiro atoms. The summed E-state index contributed by atoms with van der Waals surface area (Å²) in [6.45, 7) is 2.70. The molecule has 0 saturated heterocycles. The van der Waals surface area contributed by atoms with Gasteiger partial charge >= 0.3 is 0 Å². The van der Waals surface area contributed by atoms with Gasteiger partial charge < -0.3 is 10.2 Å². The maximum Gasteiger partial charge on any atom is 0.240 e. The molecule has 0 aliphatic rings. The Morgan fingerprint density at radius 3 is 2.89 bits per heavy atom. The molecule has 0 aliphatic heterocycles. The lowest BCUT2D eigenvalue weighted by molar-refractivity contribution is 0.161. The lowest BCUT2D eigenvalue weighted by atomic mass is 10.2. The fourth-order valence-corrected chi connectivity index (χ4v) is 2.51. The molecule has 1 atom stereocenters. The highest BCUT2D eigenvalue weighted by molar-refractivity contribution is 7.89. The van der Waals surface area contributed by atoms with Crippen molar-refractivity contribution < 1.29 is 13.2 Å². The van der Waals surface area contributed by atoms with Crippen LogP contribution in [0, 0.1) is 5.92 Å². The van der Waals surface area contributed by atoms with Gasteiger partial charge in [-0.2, -0.15) is 0 Å². The van der Waals surface area contributed by atoms with Crippen LogP contribution in [0.15, 0.2) is 23.2 Å². The summed E-state index contributed by atoms with van der Waals surface area (Å²) in [6.07, 6.45) is 1.38. The van der Waals surface area contributed by atoms with Gasteiger partial charge in [-0.1, -0.05) is 6.92 Å². The van der Waals surface area contributed by atoms with Crippen molar-refractivity contribution in [2.45, 2.75) is 11.8 Å². The van der Waals surface area contributed by atoms with Crippen LogP contribution >= 0.6 is 0 Å². The summed E-state index contributed by atoms with van der Waals surface area (Å²) >= 11 is 0. The number of sulfonamides is 1. The summed E-state index contributed by atoms with van der Waals surface area (Å²) in [7, 11) is -1.97. The first-order chi connectivity index (χ1) is 8.49. The number of ether oxygens (including phenoxy) is 1. The SMILES string of the molecule is COCC(C)CNS(=O)(=O)c1ccnc(NN)c1. The quantitative estimate of drug-likeness (QED) is 0.474. The van der Waals surface area contributed by atoms with E-state index in [9.17, 15) is 8.42 Å². The van der Waals surface area contributed by atoms with Gasteiger partial charge in [-0.25, -0.2) is 24.0 Å². The normalized spacial score (nSPS) is 13.3. The Morgan fingerprint density at radius 2 is 2.28 bits per heavy atom. The number of aromatic nitrogens is 1. The Bertz CT molecular complexity index is 478. The van der Waals surface area contributed by atoms with Gasteiger partial charge in [0, 0.05) is 32.5 Å². The Balaban J connectivity index is 2.73. The minimum absolute atomic E-state index is 0.0960. The highest BCUT2D eigenvalue weighted by Gasteiger charge is 2.15. The summed E-state index contributed by atoms with van der Waals surface area (Å²) in [5.74, 6) is 5.57. The molecule has 4 N–H and O–H groups in total. The molecule has 0 amide bonds. The lowest BCUT2D eigenvalue weighted by Gasteiger charge is -2.12. The average Bonchev–Trinajstić information content (AvgIpc) is 2.37. The molecule has 1 heterocycles. The van der Waals surface area contributed by atoms with Crippen molar-refractivity contribution in [2.24, 2.45) is 11.8 Å². The standard InChI is InChI=1S/C10H18N4O3S/c1-8(7-17-2)6-13-18(15,16)9-3-4-12-10(5-9)14-11/h3-5,8,13H,6-7,11H2,1-2H3,(H,12,14). The number of rotatable bonds is 7. The van der Waals surface area contributed by atoms with E-state index in [0.717, 1.165) is 0 Å². The molecule has 0 radical (unpaired) electrons. The molecule has 102 valence electrons. The molecular weight excluding hydrogens is 256 g/mol. The number of hydrogen-bond acceptors (Lipinski definition) is 6. The zero-order valence-corrected chi connectivity index (χ0v) is 11.2. The average molecular weight is 274 g/mol. The molecule has 1 rings (SSSR count). The fraction of sp³-hybridized carbons (Fsp3) is 0.500. The first kappa shape index (κ1) is 14.8. The van der Waals surface area contributed by atoms with Crippen molar-refractivity contribution in [1.82, 2.24) is 9.71 Å². The molecule has 18 heavy (non-hydrogen) atoms. The van der Waals surface area contributed by atoms with Crippen LogP contribution in [-0.2, 0) is 14.8 Å². The summed E-state index contributed by atoms with van der Waals surface area (Å²) in [5, 5.41) is 0. The zero-order chi connectivity index (χ0) is 13.6. The van der Waals surface area contributed by atoms with Crippen molar-refractivity contribution in [2.75, 3.05) is 25.7 Å². The summed E-state index contributed by atoms with van der Waals surface area (Å²) in [6, 6.07) is 2.77. The number of pyridine rings is 1. The van der Waals surface area contributed by atoms with Crippen LogP contribution in [0.25, 0.3) is 0 Å². The van der Waals surface area contributed by atoms with Crippen molar-refractivity contribution in [3.05, 3.63) is 18.3 Å². The van der Waals surface area contributed by atoms with E-state index in [4.69, 9.17) is 10.6 Å². The van der Waals surface area contributed by atoms with Gasteiger partial charge in [0.1, 0.15) is 5.82 Å². The van der Waals surface area contributed by atoms with Crippen LogP contribution in [0.3, 0.4) is 0 Å². The number of hydrazine groups is 1. The molecule has 1 unspecified atom stereocenters. The molecule has 0 fully saturated rings. The predicted octanol–water partition coefficient (Wildman–Crippen LogP) is -0.0720. The van der Waals surface area contributed by atoms with Crippen LogP contribution in [0.1, 0.15) is 6.92 Å². The third-order valence-corrected chi connectivity index (χ3v) is 3.68. The van der Waals surface area contributed by atoms with Crippen LogP contribution < -0.4 is 16.0 Å². The van der Waals surface area contributed by atoms with Crippen molar-refractivity contribution in [1.29, 1.82) is 0 Å². The maximum absolute atomic E-state index is 12.0. The Hall–Kier alpha value is -1.22.